The summed E-state index contributed by atoms with van der Waals surface area (Å²) in [6.07, 6.45) is 5.40. The van der Waals surface area contributed by atoms with Gasteiger partial charge in [-0.1, -0.05) is 54.6 Å². The smallest absolute Gasteiger partial charge is 0.229 e. The Morgan fingerprint density at radius 2 is 1.67 bits per heavy atom. The molecule has 0 aromatic heterocycles. The standard InChI is InChI=1S/C27H28N4O2/c1-20(31-27(33)18-22-9-15-25(32)16-10-22)30-19-26(23-11-13-24(28)14-12-23)29-17-5-8-21-6-3-2-4-7-21/h2-4,6-7,9-17,19,32H,5,8,18,28H2,1H3,(H,30,31,33)/b26-19-,29-17?. The largest absolute Gasteiger partial charge is 0.508 e. The summed E-state index contributed by atoms with van der Waals surface area (Å²) in [6.45, 7) is 1.73. The van der Waals surface area contributed by atoms with E-state index in [1.807, 2.05) is 48.7 Å². The summed E-state index contributed by atoms with van der Waals surface area (Å²) in [4.78, 5) is 21.3. The summed E-state index contributed by atoms with van der Waals surface area (Å²) in [5.41, 5.74) is 10.1. The van der Waals surface area contributed by atoms with Crippen LogP contribution in [-0.2, 0) is 17.6 Å². The first-order chi connectivity index (χ1) is 16.0. The van der Waals surface area contributed by atoms with Gasteiger partial charge in [-0.15, -0.1) is 0 Å². The fourth-order valence-electron chi connectivity index (χ4n) is 3.11. The molecule has 0 heterocycles. The Balaban J connectivity index is 1.67. The molecule has 3 aromatic carbocycles. The van der Waals surface area contributed by atoms with Crippen molar-refractivity contribution in [1.29, 1.82) is 0 Å². The number of phenols is 1. The van der Waals surface area contributed by atoms with E-state index in [0.717, 1.165) is 24.0 Å². The highest BCUT2D eigenvalue weighted by molar-refractivity contribution is 5.98. The molecule has 6 heteroatoms. The van der Waals surface area contributed by atoms with Crippen molar-refractivity contribution in [3.8, 4) is 5.75 Å². The molecular formula is C27H28N4O2. The van der Waals surface area contributed by atoms with Gasteiger partial charge in [0.25, 0.3) is 0 Å². The number of aryl methyl sites for hydroxylation is 1. The van der Waals surface area contributed by atoms with Gasteiger partial charge in [-0.25, -0.2) is 4.99 Å². The van der Waals surface area contributed by atoms with Crippen LogP contribution in [0.2, 0.25) is 0 Å². The zero-order valence-electron chi connectivity index (χ0n) is 18.6. The number of nitrogens with two attached hydrogens (primary N) is 1. The van der Waals surface area contributed by atoms with E-state index in [2.05, 4.69) is 27.4 Å². The number of benzene rings is 3. The number of nitrogens with one attached hydrogen (secondary N) is 1. The summed E-state index contributed by atoms with van der Waals surface area (Å²) < 4.78 is 0. The molecule has 6 nitrogen and oxygen atoms in total. The van der Waals surface area contributed by atoms with Gasteiger partial charge < -0.3 is 16.2 Å². The lowest BCUT2D eigenvalue weighted by molar-refractivity contribution is -0.119. The lowest BCUT2D eigenvalue weighted by Gasteiger charge is -2.05. The van der Waals surface area contributed by atoms with Crippen molar-refractivity contribution in [1.82, 2.24) is 5.32 Å². The number of rotatable bonds is 8. The Bertz CT molecular complexity index is 1130. The van der Waals surface area contributed by atoms with Crippen molar-refractivity contribution >= 4 is 29.3 Å². The van der Waals surface area contributed by atoms with Gasteiger partial charge >= 0.3 is 0 Å². The second kappa shape index (κ2) is 12.0. The summed E-state index contributed by atoms with van der Waals surface area (Å²) >= 11 is 0. The maximum Gasteiger partial charge on any atom is 0.229 e. The number of phenolic OH excluding ortho intramolecular Hbond substituents is 1. The van der Waals surface area contributed by atoms with E-state index >= 15 is 0 Å². The Morgan fingerprint density at radius 3 is 2.36 bits per heavy atom. The number of nitrogens with zero attached hydrogens (tertiary/aromatic N) is 2. The van der Waals surface area contributed by atoms with Crippen molar-refractivity contribution in [3.05, 3.63) is 102 Å². The van der Waals surface area contributed by atoms with Crippen LogP contribution in [0.3, 0.4) is 0 Å². The number of hydrogen-bond acceptors (Lipinski definition) is 5. The lowest BCUT2D eigenvalue weighted by Crippen LogP contribution is -2.29. The number of amidine groups is 1. The second-order valence-electron chi connectivity index (χ2n) is 7.58. The van der Waals surface area contributed by atoms with Crippen LogP contribution in [0.5, 0.6) is 5.75 Å². The van der Waals surface area contributed by atoms with Crippen molar-refractivity contribution < 1.29 is 9.90 Å². The van der Waals surface area contributed by atoms with Crippen LogP contribution < -0.4 is 11.1 Å². The van der Waals surface area contributed by atoms with E-state index in [-0.39, 0.29) is 18.1 Å². The number of carbonyl (C=O) groups excluding carboxylic acids is 1. The maximum absolute atomic E-state index is 12.3. The molecule has 0 spiro atoms. The molecule has 3 aromatic rings. The van der Waals surface area contributed by atoms with Crippen molar-refractivity contribution in [2.75, 3.05) is 5.73 Å². The fraction of sp³-hybridized carbons (Fsp3) is 0.148. The zero-order chi connectivity index (χ0) is 23.5. The van der Waals surface area contributed by atoms with Crippen LogP contribution >= 0.6 is 0 Å². The molecule has 0 saturated heterocycles. The molecule has 0 aliphatic rings. The molecule has 0 aliphatic heterocycles. The van der Waals surface area contributed by atoms with E-state index in [9.17, 15) is 9.90 Å². The molecule has 0 radical (unpaired) electrons. The molecule has 168 valence electrons. The Morgan fingerprint density at radius 1 is 0.970 bits per heavy atom. The lowest BCUT2D eigenvalue weighted by atomic mass is 10.1. The molecule has 0 fully saturated rings. The number of anilines is 1. The average Bonchev–Trinajstić information content (AvgIpc) is 2.81. The molecule has 3 rings (SSSR count). The van der Waals surface area contributed by atoms with Gasteiger partial charge in [0.05, 0.1) is 18.3 Å². The van der Waals surface area contributed by atoms with Gasteiger partial charge in [-0.05, 0) is 55.2 Å². The number of amides is 1. The third-order valence-corrected chi connectivity index (χ3v) is 4.84. The minimum absolute atomic E-state index is 0.168. The molecule has 33 heavy (non-hydrogen) atoms. The molecule has 1 amide bonds. The molecular weight excluding hydrogens is 412 g/mol. The monoisotopic (exact) mass is 440 g/mol. The van der Waals surface area contributed by atoms with Crippen LogP contribution in [0.4, 0.5) is 5.69 Å². The van der Waals surface area contributed by atoms with Crippen LogP contribution in [0.15, 0.2) is 95.0 Å². The summed E-state index contributed by atoms with van der Waals surface area (Å²) in [5, 5.41) is 12.1. The number of aromatic hydroxyl groups is 1. The summed E-state index contributed by atoms with van der Waals surface area (Å²) in [5.74, 6) is 0.448. The fourth-order valence-corrected chi connectivity index (χ4v) is 3.11. The first-order valence-corrected chi connectivity index (χ1v) is 10.7. The summed E-state index contributed by atoms with van der Waals surface area (Å²) in [7, 11) is 0. The SMILES string of the molecule is CC(=N/C=C(\N=CCCc1ccccc1)c1ccc(N)cc1)NC(=O)Cc1ccc(O)cc1. The van der Waals surface area contributed by atoms with E-state index in [1.165, 1.54) is 5.56 Å². The Hall–Kier alpha value is -4.19. The molecule has 0 unspecified atom stereocenters. The zero-order valence-corrected chi connectivity index (χ0v) is 18.6. The normalized spacial score (nSPS) is 12.2. The second-order valence-corrected chi connectivity index (χ2v) is 7.58. The molecule has 0 bridgehead atoms. The summed E-state index contributed by atoms with van der Waals surface area (Å²) in [6, 6.07) is 24.2. The van der Waals surface area contributed by atoms with Crippen molar-refractivity contribution in [2.24, 2.45) is 9.98 Å². The van der Waals surface area contributed by atoms with Gasteiger partial charge in [-0.2, -0.15) is 0 Å². The van der Waals surface area contributed by atoms with Gasteiger partial charge in [0.1, 0.15) is 11.6 Å². The van der Waals surface area contributed by atoms with Crippen LogP contribution in [0, 0.1) is 0 Å². The quantitative estimate of drug-likeness (QED) is 0.268. The maximum atomic E-state index is 12.3. The van der Waals surface area contributed by atoms with E-state index in [0.29, 0.717) is 17.2 Å². The van der Waals surface area contributed by atoms with Gasteiger partial charge in [-0.3, -0.25) is 9.79 Å². The number of aliphatic imine (C=N–C) groups is 2. The minimum atomic E-state index is -0.185. The van der Waals surface area contributed by atoms with Gasteiger partial charge in [0, 0.05) is 17.5 Å². The number of nitrogen functional groups attached to an aromatic ring is 1. The van der Waals surface area contributed by atoms with Crippen molar-refractivity contribution in [3.63, 3.8) is 0 Å². The van der Waals surface area contributed by atoms with Crippen LogP contribution in [0.1, 0.15) is 30.0 Å². The Labute approximate surface area is 194 Å². The highest BCUT2D eigenvalue weighted by atomic mass is 16.3. The minimum Gasteiger partial charge on any atom is -0.508 e. The van der Waals surface area contributed by atoms with E-state index < -0.39 is 0 Å². The average molecular weight is 441 g/mol. The predicted molar refractivity (Wildman–Crippen MR) is 135 cm³/mol. The molecule has 0 aliphatic carbocycles. The highest BCUT2D eigenvalue weighted by Gasteiger charge is 2.05. The van der Waals surface area contributed by atoms with Crippen LogP contribution in [-0.4, -0.2) is 23.1 Å². The van der Waals surface area contributed by atoms with Gasteiger partial charge in [0.2, 0.25) is 5.91 Å². The highest BCUT2D eigenvalue weighted by Crippen LogP contribution is 2.18. The number of carbonyl (C=O) groups is 1. The van der Waals surface area contributed by atoms with Crippen LogP contribution in [0.25, 0.3) is 5.70 Å². The topological polar surface area (TPSA) is 100 Å². The first-order valence-electron chi connectivity index (χ1n) is 10.7. The number of hydrogen-bond donors (Lipinski definition) is 3. The predicted octanol–water partition coefficient (Wildman–Crippen LogP) is 4.75. The molecule has 0 atom stereocenters. The first kappa shape index (κ1) is 23.5. The van der Waals surface area contributed by atoms with Crippen molar-refractivity contribution in [2.45, 2.75) is 26.2 Å². The third-order valence-electron chi connectivity index (χ3n) is 4.84. The van der Waals surface area contributed by atoms with E-state index in [1.54, 1.807) is 37.4 Å². The molecule has 0 saturated carbocycles. The Kier molecular flexibility index (Phi) is 8.54. The van der Waals surface area contributed by atoms with E-state index in [4.69, 9.17) is 5.73 Å². The van der Waals surface area contributed by atoms with Gasteiger partial charge in [0.15, 0.2) is 0 Å². The third kappa shape index (κ3) is 8.10. The molecule has 4 N–H and O–H groups in total.